The lowest BCUT2D eigenvalue weighted by atomic mass is 10.1. The van der Waals surface area contributed by atoms with Gasteiger partial charge >= 0.3 is 5.97 Å². The number of aliphatic carboxylic acids is 1. The van der Waals surface area contributed by atoms with Crippen LogP contribution in [0.15, 0.2) is 48.5 Å². The largest absolute Gasteiger partial charge is 0.490 e. The first-order valence-electron chi connectivity index (χ1n) is 6.95. The van der Waals surface area contributed by atoms with E-state index in [-0.39, 0.29) is 12.2 Å². The molecule has 2 aromatic carbocycles. The van der Waals surface area contributed by atoms with E-state index in [1.807, 2.05) is 12.1 Å². The SMILES string of the molecule is O=C(O)CCc1ccc(OCCOc2cccc(F)c2)cc1. The molecule has 0 aliphatic rings. The summed E-state index contributed by atoms with van der Waals surface area (Å²) in [4.78, 5) is 10.5. The number of hydrogen-bond donors (Lipinski definition) is 1. The fraction of sp³-hybridized carbons (Fsp3) is 0.235. The molecule has 0 saturated heterocycles. The second kappa shape index (κ2) is 8.02. The molecule has 0 heterocycles. The smallest absolute Gasteiger partial charge is 0.303 e. The number of halogens is 1. The van der Waals surface area contributed by atoms with Crippen LogP contribution in [0.25, 0.3) is 0 Å². The predicted octanol–water partition coefficient (Wildman–Crippen LogP) is 3.30. The minimum atomic E-state index is -0.810. The minimum Gasteiger partial charge on any atom is -0.490 e. The second-order valence-electron chi connectivity index (χ2n) is 4.69. The van der Waals surface area contributed by atoms with Crippen LogP contribution in [0.3, 0.4) is 0 Å². The molecule has 0 amide bonds. The summed E-state index contributed by atoms with van der Waals surface area (Å²) >= 11 is 0. The predicted molar refractivity (Wildman–Crippen MR) is 79.8 cm³/mol. The first-order valence-corrected chi connectivity index (χ1v) is 6.95. The zero-order chi connectivity index (χ0) is 15.8. The summed E-state index contributed by atoms with van der Waals surface area (Å²) in [7, 11) is 0. The Morgan fingerprint density at radius 2 is 1.68 bits per heavy atom. The van der Waals surface area contributed by atoms with E-state index >= 15 is 0 Å². The Hall–Kier alpha value is -2.56. The fourth-order valence-electron chi connectivity index (χ4n) is 1.88. The molecule has 0 atom stereocenters. The van der Waals surface area contributed by atoms with Crippen molar-refractivity contribution in [2.75, 3.05) is 13.2 Å². The maximum absolute atomic E-state index is 12.9. The first-order chi connectivity index (χ1) is 10.6. The highest BCUT2D eigenvalue weighted by atomic mass is 19.1. The Morgan fingerprint density at radius 1 is 1.00 bits per heavy atom. The van der Waals surface area contributed by atoms with Crippen molar-refractivity contribution in [1.82, 2.24) is 0 Å². The maximum Gasteiger partial charge on any atom is 0.303 e. The number of benzene rings is 2. The van der Waals surface area contributed by atoms with Gasteiger partial charge in [0, 0.05) is 12.5 Å². The van der Waals surface area contributed by atoms with Gasteiger partial charge in [-0.3, -0.25) is 4.79 Å². The summed E-state index contributed by atoms with van der Waals surface area (Å²) in [6.45, 7) is 0.648. The number of aryl methyl sites for hydroxylation is 1. The van der Waals surface area contributed by atoms with Crippen molar-refractivity contribution in [3.8, 4) is 11.5 Å². The van der Waals surface area contributed by atoms with Crippen LogP contribution in [0.5, 0.6) is 11.5 Å². The molecule has 0 bridgehead atoms. The number of carbonyl (C=O) groups is 1. The van der Waals surface area contributed by atoms with Crippen molar-refractivity contribution < 1.29 is 23.8 Å². The standard InChI is InChI=1S/C17H17FO4/c18-14-2-1-3-16(12-14)22-11-10-21-15-7-4-13(5-8-15)6-9-17(19)20/h1-5,7-8,12H,6,9-11H2,(H,19,20). The molecule has 0 aromatic heterocycles. The van der Waals surface area contributed by atoms with E-state index in [4.69, 9.17) is 14.6 Å². The van der Waals surface area contributed by atoms with Gasteiger partial charge in [0.05, 0.1) is 0 Å². The van der Waals surface area contributed by atoms with Gasteiger partial charge in [0.2, 0.25) is 0 Å². The van der Waals surface area contributed by atoms with Crippen molar-refractivity contribution in [2.45, 2.75) is 12.8 Å². The fourth-order valence-corrected chi connectivity index (χ4v) is 1.88. The van der Waals surface area contributed by atoms with Crippen molar-refractivity contribution in [3.05, 3.63) is 59.9 Å². The van der Waals surface area contributed by atoms with E-state index in [2.05, 4.69) is 0 Å². The lowest BCUT2D eigenvalue weighted by Gasteiger charge is -2.09. The Labute approximate surface area is 128 Å². The van der Waals surface area contributed by atoms with Crippen molar-refractivity contribution in [3.63, 3.8) is 0 Å². The zero-order valence-electron chi connectivity index (χ0n) is 12.0. The highest BCUT2D eigenvalue weighted by Crippen LogP contribution is 2.14. The van der Waals surface area contributed by atoms with Crippen molar-refractivity contribution >= 4 is 5.97 Å². The number of carboxylic acid groups (broad SMARTS) is 1. The normalized spacial score (nSPS) is 10.2. The Morgan fingerprint density at radius 3 is 2.32 bits per heavy atom. The Balaban J connectivity index is 1.71. The molecule has 2 rings (SSSR count). The third-order valence-electron chi connectivity index (χ3n) is 2.97. The molecule has 0 fully saturated rings. The summed E-state index contributed by atoms with van der Waals surface area (Å²) in [5.74, 6) is -0.000252. The summed E-state index contributed by atoms with van der Waals surface area (Å²) in [6, 6.07) is 13.2. The molecular weight excluding hydrogens is 287 g/mol. The monoisotopic (exact) mass is 304 g/mol. The molecule has 22 heavy (non-hydrogen) atoms. The summed E-state index contributed by atoms with van der Waals surface area (Å²) in [5.41, 5.74) is 0.950. The van der Waals surface area contributed by atoms with Crippen LogP contribution in [-0.2, 0) is 11.2 Å². The van der Waals surface area contributed by atoms with Crippen LogP contribution in [0.4, 0.5) is 4.39 Å². The van der Waals surface area contributed by atoms with Crippen LogP contribution in [0, 0.1) is 5.82 Å². The van der Waals surface area contributed by atoms with E-state index in [0.29, 0.717) is 31.1 Å². The molecule has 0 aliphatic heterocycles. The molecule has 0 radical (unpaired) electrons. The van der Waals surface area contributed by atoms with Gasteiger partial charge in [0.15, 0.2) is 0 Å². The van der Waals surface area contributed by atoms with E-state index in [1.54, 1.807) is 24.3 Å². The van der Waals surface area contributed by atoms with Crippen LogP contribution in [0.2, 0.25) is 0 Å². The quantitative estimate of drug-likeness (QED) is 0.760. The molecule has 2 aromatic rings. The zero-order valence-corrected chi connectivity index (χ0v) is 12.0. The van der Waals surface area contributed by atoms with Gasteiger partial charge in [-0.25, -0.2) is 4.39 Å². The lowest BCUT2D eigenvalue weighted by Crippen LogP contribution is -2.09. The minimum absolute atomic E-state index is 0.113. The molecule has 0 unspecified atom stereocenters. The lowest BCUT2D eigenvalue weighted by molar-refractivity contribution is -0.136. The van der Waals surface area contributed by atoms with Gasteiger partial charge in [-0.05, 0) is 36.2 Å². The molecule has 0 spiro atoms. The van der Waals surface area contributed by atoms with Crippen LogP contribution >= 0.6 is 0 Å². The van der Waals surface area contributed by atoms with Gasteiger partial charge in [-0.1, -0.05) is 18.2 Å². The highest BCUT2D eigenvalue weighted by molar-refractivity contribution is 5.67. The number of carboxylic acids is 1. The molecule has 116 valence electrons. The maximum atomic E-state index is 12.9. The van der Waals surface area contributed by atoms with E-state index in [1.165, 1.54) is 12.1 Å². The average Bonchev–Trinajstić information content (AvgIpc) is 2.51. The Kier molecular flexibility index (Phi) is 5.77. The van der Waals surface area contributed by atoms with Crippen molar-refractivity contribution in [2.24, 2.45) is 0 Å². The summed E-state index contributed by atoms with van der Waals surface area (Å²) < 4.78 is 23.8. The molecule has 4 nitrogen and oxygen atoms in total. The van der Waals surface area contributed by atoms with Gasteiger partial charge in [-0.15, -0.1) is 0 Å². The molecule has 5 heteroatoms. The van der Waals surface area contributed by atoms with Gasteiger partial charge < -0.3 is 14.6 Å². The summed E-state index contributed by atoms with van der Waals surface area (Å²) in [6.07, 6.45) is 0.611. The molecule has 1 N–H and O–H groups in total. The third-order valence-corrected chi connectivity index (χ3v) is 2.97. The molecular formula is C17H17FO4. The van der Waals surface area contributed by atoms with Gasteiger partial charge in [0.1, 0.15) is 30.5 Å². The second-order valence-corrected chi connectivity index (χ2v) is 4.69. The number of rotatable bonds is 8. The molecule has 0 aliphatic carbocycles. The topological polar surface area (TPSA) is 55.8 Å². The van der Waals surface area contributed by atoms with E-state index < -0.39 is 5.97 Å². The van der Waals surface area contributed by atoms with Gasteiger partial charge in [0.25, 0.3) is 0 Å². The van der Waals surface area contributed by atoms with Gasteiger partial charge in [-0.2, -0.15) is 0 Å². The van der Waals surface area contributed by atoms with Crippen molar-refractivity contribution in [1.29, 1.82) is 0 Å². The van der Waals surface area contributed by atoms with E-state index in [0.717, 1.165) is 5.56 Å². The van der Waals surface area contributed by atoms with Crippen LogP contribution < -0.4 is 9.47 Å². The Bertz CT molecular complexity index is 610. The van der Waals surface area contributed by atoms with Crippen LogP contribution in [-0.4, -0.2) is 24.3 Å². The summed E-state index contributed by atoms with van der Waals surface area (Å²) in [5, 5.41) is 8.62. The number of hydrogen-bond acceptors (Lipinski definition) is 3. The molecule has 0 saturated carbocycles. The first kappa shape index (κ1) is 15.8. The highest BCUT2D eigenvalue weighted by Gasteiger charge is 2.00. The third kappa shape index (κ3) is 5.44. The number of ether oxygens (including phenoxy) is 2. The average molecular weight is 304 g/mol. The van der Waals surface area contributed by atoms with E-state index in [9.17, 15) is 9.18 Å². The van der Waals surface area contributed by atoms with Crippen LogP contribution in [0.1, 0.15) is 12.0 Å².